The molecule has 0 saturated heterocycles. The molecule has 0 aliphatic carbocycles. The minimum atomic E-state index is -0.640. The van der Waals surface area contributed by atoms with Crippen LogP contribution >= 0.6 is 0 Å². The predicted molar refractivity (Wildman–Crippen MR) is 107 cm³/mol. The fraction of sp³-hybridized carbons (Fsp3) is 0.455. The number of hydrogen-bond donors (Lipinski definition) is 0. The molecule has 0 unspecified atom stereocenters. The van der Waals surface area contributed by atoms with Crippen molar-refractivity contribution in [3.63, 3.8) is 0 Å². The molecular weight excluding hydrogens is 275 g/mol. The maximum Gasteiger partial charge on any atom is 0.0544 e. The molecule has 0 saturated carbocycles. The molecule has 0 bridgehead atoms. The largest absolute Gasteiger partial charge is 0.205 e. The van der Waals surface area contributed by atoms with Gasteiger partial charge in [0.25, 0.3) is 0 Å². The number of aryl methyl sites for hydroxylation is 2. The monoisotopic (exact) mass is 307 g/mol. The van der Waals surface area contributed by atoms with Gasteiger partial charge in [0.15, 0.2) is 0 Å². The second-order valence-electron chi connectivity index (χ2n) is 7.36. The molecule has 0 aromatic heterocycles. The van der Waals surface area contributed by atoms with Crippen LogP contribution in [0.2, 0.25) is 12.6 Å². The molecule has 0 aliphatic heterocycles. The van der Waals surface area contributed by atoms with Crippen LogP contribution in [0.3, 0.4) is 0 Å². The van der Waals surface area contributed by atoms with Crippen LogP contribution < -0.4 is 10.9 Å². The zero-order valence-electron chi connectivity index (χ0n) is 15.4. The van der Waals surface area contributed by atoms with Gasteiger partial charge in [0, 0.05) is 0 Å². The van der Waals surface area contributed by atoms with Gasteiger partial charge in [0.05, 0.1) is 6.15 Å². The molecule has 2 aromatic rings. The average molecular weight is 307 g/mol. The van der Waals surface area contributed by atoms with Crippen LogP contribution in [-0.4, -0.2) is 6.15 Å². The Bertz CT molecular complexity index is 525. The van der Waals surface area contributed by atoms with Crippen molar-refractivity contribution < 1.29 is 0 Å². The fourth-order valence-corrected chi connectivity index (χ4v) is 3.98. The number of benzene rings is 2. The minimum absolute atomic E-state index is 0.640. The molecule has 0 N–H and O–H groups in total. The maximum atomic E-state index is 2.39. The zero-order chi connectivity index (χ0) is 16.7. The SMILES string of the molecule is CCCC[B-](CCCC)(c1ccc(C)cc1)c1ccc(C)cc1. The van der Waals surface area contributed by atoms with E-state index in [4.69, 9.17) is 0 Å². The molecule has 0 atom stereocenters. The molecule has 124 valence electrons. The first-order valence-corrected chi connectivity index (χ1v) is 9.45. The van der Waals surface area contributed by atoms with E-state index in [2.05, 4.69) is 76.2 Å². The number of hydrogen-bond acceptors (Lipinski definition) is 0. The van der Waals surface area contributed by atoms with E-state index in [0.717, 1.165) is 0 Å². The van der Waals surface area contributed by atoms with Gasteiger partial charge in [-0.2, -0.15) is 12.6 Å². The Kier molecular flexibility index (Phi) is 6.51. The van der Waals surface area contributed by atoms with Crippen LogP contribution in [0.25, 0.3) is 0 Å². The van der Waals surface area contributed by atoms with Crippen molar-refractivity contribution in [1.82, 2.24) is 0 Å². The highest BCUT2D eigenvalue weighted by Crippen LogP contribution is 2.23. The van der Waals surface area contributed by atoms with Gasteiger partial charge in [-0.15, -0.1) is 0 Å². The van der Waals surface area contributed by atoms with Gasteiger partial charge in [-0.3, -0.25) is 0 Å². The van der Waals surface area contributed by atoms with Crippen LogP contribution in [0.15, 0.2) is 48.5 Å². The summed E-state index contributed by atoms with van der Waals surface area (Å²) in [5, 5.41) is 0. The van der Waals surface area contributed by atoms with Gasteiger partial charge in [-0.05, 0) is 13.8 Å². The van der Waals surface area contributed by atoms with E-state index in [0.29, 0.717) is 0 Å². The van der Waals surface area contributed by atoms with E-state index in [-0.39, 0.29) is 0 Å². The van der Waals surface area contributed by atoms with Gasteiger partial charge in [0.2, 0.25) is 0 Å². The summed E-state index contributed by atoms with van der Waals surface area (Å²) in [5.74, 6) is 0. The van der Waals surface area contributed by atoms with Crippen molar-refractivity contribution >= 4 is 17.1 Å². The first-order valence-electron chi connectivity index (χ1n) is 9.45. The number of unbranched alkanes of at least 4 members (excludes halogenated alkanes) is 2. The summed E-state index contributed by atoms with van der Waals surface area (Å²) >= 11 is 0. The Morgan fingerprint density at radius 2 is 0.957 bits per heavy atom. The summed E-state index contributed by atoms with van der Waals surface area (Å²) in [6, 6.07) is 18.7. The topological polar surface area (TPSA) is 0 Å². The highest BCUT2D eigenvalue weighted by atomic mass is 14.1. The molecule has 0 heterocycles. The molecular formula is C22H32B-. The van der Waals surface area contributed by atoms with Crippen molar-refractivity contribution in [1.29, 1.82) is 0 Å². The van der Waals surface area contributed by atoms with E-state index in [1.807, 2.05) is 0 Å². The maximum absolute atomic E-state index is 2.39. The Morgan fingerprint density at radius 3 is 1.26 bits per heavy atom. The van der Waals surface area contributed by atoms with Crippen LogP contribution in [-0.2, 0) is 0 Å². The van der Waals surface area contributed by atoms with Gasteiger partial charge in [-0.1, -0.05) is 99.2 Å². The Balaban J connectivity index is 2.52. The van der Waals surface area contributed by atoms with Crippen molar-refractivity contribution in [2.75, 3.05) is 0 Å². The van der Waals surface area contributed by atoms with Crippen LogP contribution in [0.1, 0.15) is 50.7 Å². The van der Waals surface area contributed by atoms with Crippen molar-refractivity contribution in [2.24, 2.45) is 0 Å². The molecule has 0 nitrogen and oxygen atoms in total. The van der Waals surface area contributed by atoms with Crippen molar-refractivity contribution in [2.45, 2.75) is 66.0 Å². The third-order valence-electron chi connectivity index (χ3n) is 5.53. The highest BCUT2D eigenvalue weighted by molar-refractivity contribution is 7.02. The molecule has 0 fully saturated rings. The van der Waals surface area contributed by atoms with Crippen molar-refractivity contribution in [3.05, 3.63) is 59.7 Å². The van der Waals surface area contributed by atoms with Gasteiger partial charge in [-0.25, -0.2) is 10.9 Å². The third-order valence-corrected chi connectivity index (χ3v) is 5.53. The summed E-state index contributed by atoms with van der Waals surface area (Å²) in [5.41, 5.74) is 5.82. The molecule has 23 heavy (non-hydrogen) atoms. The normalized spacial score (nSPS) is 11.7. The Hall–Kier alpha value is -1.50. The van der Waals surface area contributed by atoms with E-state index in [9.17, 15) is 0 Å². The summed E-state index contributed by atoms with van der Waals surface area (Å²) < 4.78 is 0. The fourth-order valence-electron chi connectivity index (χ4n) is 3.98. The van der Waals surface area contributed by atoms with E-state index >= 15 is 0 Å². The van der Waals surface area contributed by atoms with E-state index in [1.165, 1.54) is 49.5 Å². The van der Waals surface area contributed by atoms with Gasteiger partial charge in [0.1, 0.15) is 0 Å². The standard InChI is InChI=1S/C22H32B/c1-5-7-17-23(18-8-6-2,21-13-9-19(3)10-14-21)22-15-11-20(4)12-16-22/h9-16H,5-8,17-18H2,1-4H3/q-1. The Morgan fingerprint density at radius 1 is 0.609 bits per heavy atom. The third kappa shape index (κ3) is 4.28. The van der Waals surface area contributed by atoms with Crippen LogP contribution in [0.5, 0.6) is 0 Å². The summed E-state index contributed by atoms with van der Waals surface area (Å²) in [6.45, 7) is 8.99. The van der Waals surface area contributed by atoms with E-state index in [1.54, 1.807) is 10.9 Å². The quantitative estimate of drug-likeness (QED) is 0.568. The van der Waals surface area contributed by atoms with E-state index < -0.39 is 6.15 Å². The molecule has 0 spiro atoms. The van der Waals surface area contributed by atoms with Crippen LogP contribution in [0, 0.1) is 13.8 Å². The lowest BCUT2D eigenvalue weighted by atomic mass is 9.15. The summed E-state index contributed by atoms with van der Waals surface area (Å²) in [4.78, 5) is 0. The van der Waals surface area contributed by atoms with Crippen molar-refractivity contribution in [3.8, 4) is 0 Å². The second kappa shape index (κ2) is 8.38. The summed E-state index contributed by atoms with van der Waals surface area (Å²) in [7, 11) is 0. The molecule has 1 heteroatoms. The molecule has 0 aliphatic rings. The first kappa shape index (κ1) is 17.9. The average Bonchev–Trinajstić information content (AvgIpc) is 2.57. The lowest BCUT2D eigenvalue weighted by Crippen LogP contribution is -2.58. The predicted octanol–water partition coefficient (Wildman–Crippen LogP) is 5.47. The number of rotatable bonds is 8. The van der Waals surface area contributed by atoms with Crippen LogP contribution in [0.4, 0.5) is 0 Å². The molecule has 2 aromatic carbocycles. The molecule has 2 rings (SSSR count). The second-order valence-corrected chi connectivity index (χ2v) is 7.36. The lowest BCUT2D eigenvalue weighted by Gasteiger charge is -2.42. The molecule has 0 radical (unpaired) electrons. The zero-order valence-corrected chi connectivity index (χ0v) is 15.4. The smallest absolute Gasteiger partial charge is 0.0544 e. The highest BCUT2D eigenvalue weighted by Gasteiger charge is 2.26. The Labute approximate surface area is 143 Å². The lowest BCUT2D eigenvalue weighted by molar-refractivity contribution is 0.838. The first-order chi connectivity index (χ1) is 11.1. The van der Waals surface area contributed by atoms with Gasteiger partial charge >= 0.3 is 0 Å². The summed E-state index contributed by atoms with van der Waals surface area (Å²) in [6.07, 6.45) is 7.14. The van der Waals surface area contributed by atoms with Gasteiger partial charge < -0.3 is 0 Å². The minimum Gasteiger partial charge on any atom is -0.205 e. The molecule has 0 amide bonds.